The molecule has 0 aromatic heterocycles. The second-order valence-electron chi connectivity index (χ2n) is 7.66. The fourth-order valence-corrected chi connectivity index (χ4v) is 4.08. The van der Waals surface area contributed by atoms with Crippen molar-refractivity contribution in [2.75, 3.05) is 0 Å². The van der Waals surface area contributed by atoms with Gasteiger partial charge in [0.15, 0.2) is 5.78 Å². The van der Waals surface area contributed by atoms with Crippen molar-refractivity contribution in [3.8, 4) is 0 Å². The summed E-state index contributed by atoms with van der Waals surface area (Å²) in [5, 5.41) is 0. The molecule has 1 aromatic carbocycles. The van der Waals surface area contributed by atoms with Gasteiger partial charge in [-0.3, -0.25) is 4.79 Å². The molecular formula is C18H24O. The van der Waals surface area contributed by atoms with Crippen molar-refractivity contribution in [2.24, 2.45) is 0 Å². The molecular weight excluding hydrogens is 232 g/mol. The minimum absolute atomic E-state index is 0.216. The van der Waals surface area contributed by atoms with E-state index in [0.717, 1.165) is 12.0 Å². The van der Waals surface area contributed by atoms with Crippen LogP contribution in [0.1, 0.15) is 79.6 Å². The molecule has 0 unspecified atom stereocenters. The summed E-state index contributed by atoms with van der Waals surface area (Å²) in [6.07, 6.45) is 4.12. The summed E-state index contributed by atoms with van der Waals surface area (Å²) in [6, 6.07) is 2.30. The molecule has 0 fully saturated rings. The molecule has 0 saturated heterocycles. The maximum absolute atomic E-state index is 12.1. The van der Waals surface area contributed by atoms with E-state index in [4.69, 9.17) is 0 Å². The van der Waals surface area contributed by atoms with Gasteiger partial charge in [-0.15, -0.1) is 0 Å². The van der Waals surface area contributed by atoms with Gasteiger partial charge in [0.25, 0.3) is 0 Å². The van der Waals surface area contributed by atoms with Crippen LogP contribution >= 0.6 is 0 Å². The molecule has 1 aromatic rings. The van der Waals surface area contributed by atoms with E-state index in [2.05, 4.69) is 40.7 Å². The Morgan fingerprint density at radius 1 is 1.00 bits per heavy atom. The summed E-state index contributed by atoms with van der Waals surface area (Å²) >= 11 is 0. The number of benzene rings is 1. The number of carbonyl (C=O) groups is 1. The van der Waals surface area contributed by atoms with Crippen molar-refractivity contribution in [1.82, 2.24) is 0 Å². The van der Waals surface area contributed by atoms with Crippen molar-refractivity contribution in [3.63, 3.8) is 0 Å². The van der Waals surface area contributed by atoms with Crippen LogP contribution in [0, 0.1) is 6.92 Å². The van der Waals surface area contributed by atoms with E-state index in [1.807, 2.05) is 0 Å². The predicted octanol–water partition coefficient (Wildman–Crippen LogP) is 4.47. The second-order valence-corrected chi connectivity index (χ2v) is 7.66. The molecule has 2 aliphatic rings. The highest BCUT2D eigenvalue weighted by Gasteiger charge is 2.41. The lowest BCUT2D eigenvalue weighted by molar-refractivity contribution is 0.0994. The Balaban J connectivity index is 2.38. The van der Waals surface area contributed by atoms with Gasteiger partial charge in [0, 0.05) is 12.0 Å². The summed E-state index contributed by atoms with van der Waals surface area (Å²) in [5.74, 6) is 0.356. The van der Waals surface area contributed by atoms with Crippen LogP contribution in [-0.4, -0.2) is 5.78 Å². The van der Waals surface area contributed by atoms with Crippen LogP contribution in [0.2, 0.25) is 0 Å². The molecule has 0 heterocycles. The standard InChI is InChI=1S/C18H24O/c1-11-10-13-16(12-6-7-14(19)15(11)12)18(4,5)9-8-17(13,2)3/h10H,6-9H2,1-5H3. The number of fused-ring (bicyclic) bond motifs is 3. The van der Waals surface area contributed by atoms with E-state index < -0.39 is 0 Å². The summed E-state index contributed by atoms with van der Waals surface area (Å²) in [6.45, 7) is 11.5. The van der Waals surface area contributed by atoms with E-state index in [0.29, 0.717) is 12.2 Å². The van der Waals surface area contributed by atoms with Gasteiger partial charge in [0.1, 0.15) is 0 Å². The number of carbonyl (C=O) groups excluding carboxylic acids is 1. The molecule has 19 heavy (non-hydrogen) atoms. The summed E-state index contributed by atoms with van der Waals surface area (Å²) in [7, 11) is 0. The van der Waals surface area contributed by atoms with E-state index >= 15 is 0 Å². The molecule has 0 radical (unpaired) electrons. The van der Waals surface area contributed by atoms with Gasteiger partial charge in [-0.1, -0.05) is 33.8 Å². The Morgan fingerprint density at radius 3 is 2.32 bits per heavy atom. The first-order chi connectivity index (χ1) is 8.74. The highest BCUT2D eigenvalue weighted by atomic mass is 16.1. The van der Waals surface area contributed by atoms with Crippen molar-refractivity contribution in [3.05, 3.63) is 33.9 Å². The van der Waals surface area contributed by atoms with Gasteiger partial charge in [-0.05, 0) is 59.3 Å². The zero-order chi connectivity index (χ0) is 14.0. The molecule has 1 nitrogen and oxygen atoms in total. The monoisotopic (exact) mass is 256 g/mol. The molecule has 0 spiro atoms. The van der Waals surface area contributed by atoms with Gasteiger partial charge in [-0.25, -0.2) is 0 Å². The van der Waals surface area contributed by atoms with E-state index in [-0.39, 0.29) is 10.8 Å². The average molecular weight is 256 g/mol. The molecule has 102 valence electrons. The largest absolute Gasteiger partial charge is 0.294 e. The lowest BCUT2D eigenvalue weighted by atomic mass is 9.61. The lowest BCUT2D eigenvalue weighted by Crippen LogP contribution is -2.35. The zero-order valence-electron chi connectivity index (χ0n) is 12.8. The van der Waals surface area contributed by atoms with E-state index in [1.54, 1.807) is 0 Å². The molecule has 0 saturated carbocycles. The first-order valence-corrected chi connectivity index (χ1v) is 7.45. The maximum atomic E-state index is 12.1. The first kappa shape index (κ1) is 12.9. The quantitative estimate of drug-likeness (QED) is 0.669. The van der Waals surface area contributed by atoms with Crippen molar-refractivity contribution in [2.45, 2.75) is 71.1 Å². The molecule has 3 rings (SSSR count). The molecule has 0 bridgehead atoms. The zero-order valence-corrected chi connectivity index (χ0v) is 12.8. The summed E-state index contributed by atoms with van der Waals surface area (Å²) < 4.78 is 0. The minimum atomic E-state index is 0.216. The van der Waals surface area contributed by atoms with Gasteiger partial charge in [-0.2, -0.15) is 0 Å². The summed E-state index contributed by atoms with van der Waals surface area (Å²) in [4.78, 5) is 12.1. The normalized spacial score (nSPS) is 23.1. The number of ketones is 1. The molecule has 1 heteroatoms. The third-order valence-corrected chi connectivity index (χ3v) is 5.29. The Morgan fingerprint density at radius 2 is 1.63 bits per heavy atom. The van der Waals surface area contributed by atoms with Gasteiger partial charge >= 0.3 is 0 Å². The molecule has 0 aliphatic heterocycles. The highest BCUT2D eigenvalue weighted by molar-refractivity contribution is 6.02. The third kappa shape index (κ3) is 1.70. The Kier molecular flexibility index (Phi) is 2.52. The fourth-order valence-electron chi connectivity index (χ4n) is 4.08. The smallest absolute Gasteiger partial charge is 0.163 e. The SMILES string of the molecule is Cc1cc2c(c3c1C(=O)CC3)C(C)(C)CCC2(C)C. The van der Waals surface area contributed by atoms with Gasteiger partial charge < -0.3 is 0 Å². The maximum Gasteiger partial charge on any atom is 0.163 e. The van der Waals surface area contributed by atoms with Gasteiger partial charge in [0.2, 0.25) is 0 Å². The Bertz CT molecular complexity index is 576. The van der Waals surface area contributed by atoms with E-state index in [9.17, 15) is 4.79 Å². The Labute approximate surface area is 116 Å². The Hall–Kier alpha value is -1.11. The number of aryl methyl sites for hydroxylation is 1. The van der Waals surface area contributed by atoms with Crippen LogP contribution in [0.5, 0.6) is 0 Å². The van der Waals surface area contributed by atoms with Crippen LogP contribution < -0.4 is 0 Å². The first-order valence-electron chi connectivity index (χ1n) is 7.45. The highest BCUT2D eigenvalue weighted by Crippen LogP contribution is 2.49. The number of hydrogen-bond acceptors (Lipinski definition) is 1. The number of hydrogen-bond donors (Lipinski definition) is 0. The van der Waals surface area contributed by atoms with Crippen LogP contribution in [0.3, 0.4) is 0 Å². The summed E-state index contributed by atoms with van der Waals surface area (Å²) in [5.41, 5.74) is 7.07. The lowest BCUT2D eigenvalue weighted by Gasteiger charge is -2.43. The van der Waals surface area contributed by atoms with Crippen LogP contribution in [0.15, 0.2) is 6.07 Å². The molecule has 0 N–H and O–H groups in total. The number of rotatable bonds is 0. The van der Waals surface area contributed by atoms with Gasteiger partial charge in [0.05, 0.1) is 0 Å². The van der Waals surface area contributed by atoms with Crippen LogP contribution in [-0.2, 0) is 17.3 Å². The molecule has 0 amide bonds. The third-order valence-electron chi connectivity index (χ3n) is 5.29. The van der Waals surface area contributed by atoms with Crippen molar-refractivity contribution < 1.29 is 4.79 Å². The van der Waals surface area contributed by atoms with Crippen LogP contribution in [0.4, 0.5) is 0 Å². The van der Waals surface area contributed by atoms with Crippen LogP contribution in [0.25, 0.3) is 0 Å². The molecule has 0 atom stereocenters. The van der Waals surface area contributed by atoms with Crippen molar-refractivity contribution in [1.29, 1.82) is 0 Å². The second kappa shape index (κ2) is 3.71. The molecule has 2 aliphatic carbocycles. The van der Waals surface area contributed by atoms with E-state index in [1.165, 1.54) is 35.1 Å². The number of Topliss-reactive ketones (excluding diaryl/α,β-unsaturated/α-hetero) is 1. The fraction of sp³-hybridized carbons (Fsp3) is 0.611. The topological polar surface area (TPSA) is 17.1 Å². The predicted molar refractivity (Wildman–Crippen MR) is 79.1 cm³/mol. The minimum Gasteiger partial charge on any atom is -0.294 e. The van der Waals surface area contributed by atoms with Crippen molar-refractivity contribution >= 4 is 5.78 Å². The average Bonchev–Trinajstić information content (AvgIpc) is 2.68.